The molecular formula is C19H16BrN3O2. The minimum Gasteiger partial charge on any atom is -0.445 e. The zero-order chi connectivity index (χ0) is 17.5. The van der Waals surface area contributed by atoms with Crippen LogP contribution < -0.4 is 5.32 Å². The molecule has 1 amide bonds. The Labute approximate surface area is 153 Å². The summed E-state index contributed by atoms with van der Waals surface area (Å²) in [4.78, 5) is 11.6. The van der Waals surface area contributed by atoms with Gasteiger partial charge in [0.25, 0.3) is 0 Å². The van der Waals surface area contributed by atoms with E-state index < -0.39 is 6.09 Å². The molecule has 126 valence electrons. The number of carbonyl (C=O) groups is 1. The monoisotopic (exact) mass is 397 g/mol. The van der Waals surface area contributed by atoms with E-state index in [1.54, 1.807) is 0 Å². The molecule has 0 aliphatic rings. The molecule has 1 aromatic heterocycles. The summed E-state index contributed by atoms with van der Waals surface area (Å²) in [5.41, 5.74) is 2.59. The lowest BCUT2D eigenvalue weighted by Gasteiger charge is -2.05. The number of aromatic amines is 1. The number of rotatable bonds is 4. The van der Waals surface area contributed by atoms with Crippen LogP contribution in [0.3, 0.4) is 0 Å². The molecule has 0 aliphatic carbocycles. The van der Waals surface area contributed by atoms with Crippen molar-refractivity contribution in [1.29, 1.82) is 0 Å². The largest absolute Gasteiger partial charge is 0.445 e. The molecule has 0 aliphatic heterocycles. The van der Waals surface area contributed by atoms with Crippen LogP contribution in [0.5, 0.6) is 0 Å². The van der Waals surface area contributed by atoms with Crippen molar-refractivity contribution in [1.82, 2.24) is 15.5 Å². The van der Waals surface area contributed by atoms with E-state index in [2.05, 4.69) is 43.3 Å². The normalized spacial score (nSPS) is 10.1. The van der Waals surface area contributed by atoms with Crippen molar-refractivity contribution in [3.8, 4) is 11.8 Å². The van der Waals surface area contributed by atoms with E-state index in [1.165, 1.54) is 0 Å². The van der Waals surface area contributed by atoms with Crippen LogP contribution in [0, 0.1) is 11.8 Å². The lowest BCUT2D eigenvalue weighted by atomic mass is 10.2. The SMILES string of the molecule is O=C(NCCC#Cc1[nH]nc2cc(Br)ccc12)OCc1ccccc1. The smallest absolute Gasteiger partial charge is 0.407 e. The van der Waals surface area contributed by atoms with Gasteiger partial charge in [-0.05, 0) is 29.7 Å². The van der Waals surface area contributed by atoms with Gasteiger partial charge in [0, 0.05) is 22.8 Å². The number of amides is 1. The van der Waals surface area contributed by atoms with Crippen LogP contribution in [0.1, 0.15) is 17.7 Å². The van der Waals surface area contributed by atoms with Crippen LogP contribution in [0.4, 0.5) is 4.79 Å². The molecule has 0 spiro atoms. The molecule has 0 unspecified atom stereocenters. The van der Waals surface area contributed by atoms with E-state index in [0.717, 1.165) is 26.6 Å². The number of aromatic nitrogens is 2. The van der Waals surface area contributed by atoms with Crippen LogP contribution in [0.15, 0.2) is 53.0 Å². The number of nitrogens with zero attached hydrogens (tertiary/aromatic N) is 1. The maximum Gasteiger partial charge on any atom is 0.407 e. The van der Waals surface area contributed by atoms with Crippen molar-refractivity contribution < 1.29 is 9.53 Å². The summed E-state index contributed by atoms with van der Waals surface area (Å²) < 4.78 is 6.11. The minimum atomic E-state index is -0.442. The number of fused-ring (bicyclic) bond motifs is 1. The maximum atomic E-state index is 11.6. The highest BCUT2D eigenvalue weighted by molar-refractivity contribution is 9.10. The lowest BCUT2D eigenvalue weighted by Crippen LogP contribution is -2.24. The number of benzene rings is 2. The molecule has 0 bridgehead atoms. The van der Waals surface area contributed by atoms with Gasteiger partial charge in [-0.15, -0.1) is 0 Å². The Morgan fingerprint density at radius 2 is 2.08 bits per heavy atom. The number of hydrogen-bond acceptors (Lipinski definition) is 3. The third-order valence-corrected chi connectivity index (χ3v) is 3.96. The molecule has 6 heteroatoms. The summed E-state index contributed by atoms with van der Waals surface area (Å²) in [6.07, 6.45) is 0.0831. The first-order chi connectivity index (χ1) is 12.2. The van der Waals surface area contributed by atoms with E-state index in [4.69, 9.17) is 4.74 Å². The van der Waals surface area contributed by atoms with E-state index in [1.807, 2.05) is 48.5 Å². The van der Waals surface area contributed by atoms with Gasteiger partial charge < -0.3 is 10.1 Å². The van der Waals surface area contributed by atoms with Gasteiger partial charge in [0.05, 0.1) is 5.52 Å². The van der Waals surface area contributed by atoms with Gasteiger partial charge in [0.2, 0.25) is 0 Å². The van der Waals surface area contributed by atoms with Crippen molar-refractivity contribution >= 4 is 32.9 Å². The molecule has 0 atom stereocenters. The van der Waals surface area contributed by atoms with Gasteiger partial charge in [0.15, 0.2) is 0 Å². The van der Waals surface area contributed by atoms with Crippen LogP contribution in [-0.2, 0) is 11.3 Å². The highest BCUT2D eigenvalue weighted by Crippen LogP contribution is 2.19. The second-order valence-corrected chi connectivity index (χ2v) is 6.22. The molecular weight excluding hydrogens is 382 g/mol. The fourth-order valence-corrected chi connectivity index (χ4v) is 2.58. The molecule has 0 radical (unpaired) electrons. The van der Waals surface area contributed by atoms with E-state index in [9.17, 15) is 4.79 Å². The van der Waals surface area contributed by atoms with Crippen LogP contribution >= 0.6 is 15.9 Å². The summed E-state index contributed by atoms with van der Waals surface area (Å²) in [7, 11) is 0. The Balaban J connectivity index is 1.44. The summed E-state index contributed by atoms with van der Waals surface area (Å²) in [5.74, 6) is 6.06. The summed E-state index contributed by atoms with van der Waals surface area (Å²) in [5, 5.41) is 10.8. The Morgan fingerprint density at radius 3 is 2.92 bits per heavy atom. The molecule has 2 aromatic carbocycles. The zero-order valence-corrected chi connectivity index (χ0v) is 15.0. The van der Waals surface area contributed by atoms with Crippen molar-refractivity contribution in [2.75, 3.05) is 6.54 Å². The first kappa shape index (κ1) is 17.1. The molecule has 5 nitrogen and oxygen atoms in total. The van der Waals surface area contributed by atoms with Gasteiger partial charge in [-0.25, -0.2) is 4.79 Å². The average Bonchev–Trinajstić information content (AvgIpc) is 3.02. The van der Waals surface area contributed by atoms with E-state index in [0.29, 0.717) is 13.0 Å². The van der Waals surface area contributed by atoms with Crippen molar-refractivity contribution in [2.45, 2.75) is 13.0 Å². The Bertz CT molecular complexity index is 926. The number of halogens is 1. The Morgan fingerprint density at radius 1 is 1.24 bits per heavy atom. The van der Waals surface area contributed by atoms with Gasteiger partial charge >= 0.3 is 6.09 Å². The predicted molar refractivity (Wildman–Crippen MR) is 99.9 cm³/mol. The predicted octanol–water partition coefficient (Wildman–Crippen LogP) is 3.99. The standard InChI is InChI=1S/C19H16BrN3O2/c20-15-9-10-16-17(22-23-18(16)12-15)8-4-5-11-21-19(24)25-13-14-6-2-1-3-7-14/h1-3,6-7,9-10,12H,5,11,13H2,(H,21,24)(H,22,23). The molecule has 0 fully saturated rings. The number of hydrogen-bond donors (Lipinski definition) is 2. The molecule has 3 aromatic rings. The molecule has 0 saturated heterocycles. The number of alkyl carbamates (subject to hydrolysis) is 1. The number of carbonyl (C=O) groups excluding carboxylic acids is 1. The summed E-state index contributed by atoms with van der Waals surface area (Å²) in [6, 6.07) is 15.4. The van der Waals surface area contributed by atoms with Gasteiger partial charge in [-0.2, -0.15) is 5.10 Å². The topological polar surface area (TPSA) is 67.0 Å². The van der Waals surface area contributed by atoms with Gasteiger partial charge in [-0.3, -0.25) is 5.10 Å². The van der Waals surface area contributed by atoms with Crippen LogP contribution in [-0.4, -0.2) is 22.8 Å². The number of H-pyrrole nitrogens is 1. The second-order valence-electron chi connectivity index (χ2n) is 5.30. The molecule has 25 heavy (non-hydrogen) atoms. The first-order valence-corrected chi connectivity index (χ1v) is 8.59. The molecule has 1 heterocycles. The third-order valence-electron chi connectivity index (χ3n) is 3.46. The molecule has 2 N–H and O–H groups in total. The summed E-state index contributed by atoms with van der Waals surface area (Å²) >= 11 is 3.41. The Hall–Kier alpha value is -2.78. The zero-order valence-electron chi connectivity index (χ0n) is 13.4. The minimum absolute atomic E-state index is 0.258. The fraction of sp³-hybridized carbons (Fsp3) is 0.158. The first-order valence-electron chi connectivity index (χ1n) is 7.79. The van der Waals surface area contributed by atoms with E-state index in [-0.39, 0.29) is 6.61 Å². The van der Waals surface area contributed by atoms with Crippen molar-refractivity contribution in [3.63, 3.8) is 0 Å². The average molecular weight is 398 g/mol. The van der Waals surface area contributed by atoms with Gasteiger partial charge in [0.1, 0.15) is 12.3 Å². The highest BCUT2D eigenvalue weighted by Gasteiger charge is 2.03. The highest BCUT2D eigenvalue weighted by atomic mass is 79.9. The number of ether oxygens (including phenoxy) is 1. The Kier molecular flexibility index (Phi) is 5.70. The third kappa shape index (κ3) is 4.85. The second kappa shape index (κ2) is 8.36. The van der Waals surface area contributed by atoms with Crippen LogP contribution in [0.2, 0.25) is 0 Å². The fourth-order valence-electron chi connectivity index (χ4n) is 2.23. The molecule has 3 rings (SSSR count). The lowest BCUT2D eigenvalue weighted by molar-refractivity contribution is 0.140. The van der Waals surface area contributed by atoms with Crippen molar-refractivity contribution in [2.24, 2.45) is 0 Å². The van der Waals surface area contributed by atoms with Crippen molar-refractivity contribution in [3.05, 3.63) is 64.3 Å². The maximum absolute atomic E-state index is 11.6. The number of nitrogens with one attached hydrogen (secondary N) is 2. The molecule has 0 saturated carbocycles. The van der Waals surface area contributed by atoms with E-state index >= 15 is 0 Å². The van der Waals surface area contributed by atoms with Crippen LogP contribution in [0.25, 0.3) is 10.9 Å². The quantitative estimate of drug-likeness (QED) is 0.516. The van der Waals surface area contributed by atoms with Gasteiger partial charge in [-0.1, -0.05) is 52.2 Å². The summed E-state index contributed by atoms with van der Waals surface area (Å²) in [6.45, 7) is 0.687.